The number of ether oxygens (including phenoxy) is 9. The lowest BCUT2D eigenvalue weighted by Crippen LogP contribution is -3.01. The highest BCUT2D eigenvalue weighted by Crippen LogP contribution is 2.74. The number of carbonyl (C=O) groups excluding carboxylic acids is 11. The van der Waals surface area contributed by atoms with E-state index < -0.39 is 144 Å². The molecule has 8 fully saturated rings. The van der Waals surface area contributed by atoms with E-state index in [2.05, 4.69) is 63.3 Å². The van der Waals surface area contributed by atoms with Gasteiger partial charge in [0.2, 0.25) is 65.0 Å². The zero-order valence-electron chi connectivity index (χ0n) is 73.0. The summed E-state index contributed by atoms with van der Waals surface area (Å²) in [5.74, 6) is 0.184. The minimum atomic E-state index is -1.41. The summed E-state index contributed by atoms with van der Waals surface area (Å²) in [7, 11) is 0. The summed E-state index contributed by atoms with van der Waals surface area (Å²) >= 11 is 0. The highest BCUT2D eigenvalue weighted by Gasteiger charge is 2.92. The third-order valence-corrected chi connectivity index (χ3v) is 25.7. The molecule has 0 aromatic rings. The number of carbonyl (C=O) groups is 11. The van der Waals surface area contributed by atoms with Gasteiger partial charge in [-0.05, 0) is 84.0 Å². The Morgan fingerprint density at radius 3 is 1.06 bits per heavy atom. The molecule has 11 amide bonds. The maximum Gasteiger partial charge on any atom is 0.248 e. The Morgan fingerprint density at radius 2 is 0.704 bits per heavy atom. The van der Waals surface area contributed by atoms with Crippen molar-refractivity contribution in [2.24, 2.45) is 34.0 Å². The summed E-state index contributed by atoms with van der Waals surface area (Å²) in [5.41, 5.74) is -8.03. The third-order valence-electron chi connectivity index (χ3n) is 25.7. The minimum absolute atomic E-state index is 0.0812. The Morgan fingerprint density at radius 1 is 0.376 bits per heavy atom. The molecule has 5 saturated carbocycles. The van der Waals surface area contributed by atoms with Crippen LogP contribution in [0.15, 0.2) is 0 Å². The van der Waals surface area contributed by atoms with Gasteiger partial charge in [0.1, 0.15) is 41.0 Å². The fraction of sp³-hybridized carbons (Fsp3) is 0.867. The van der Waals surface area contributed by atoms with Crippen LogP contribution < -0.4 is 64.4 Å². The minimum Gasteiger partial charge on any atom is -0.396 e. The smallest absolute Gasteiger partial charge is 0.248 e. The standard InChI is InChI=1S/C83H142N12O30/c1-52(99)92-77(4)71(79(46-96)44-55(102)68(79)113)123-74(77)119-38-18-14-24-56(103)85-32-21-35-88-59(106)28-41-116-49-78(95-62(109)27-13-11-9-7-5-6-8-10-12-17-31-91-63(110)45-122-84,50-117-42-29-60(107)89-36-22-33-86-57(104)25-15-19-39-120-75-82(93-53(2)100)66-64(111)69(114)80(66,47-97)72(82)124-75)51-118-43-30-61(108)90-37-23-34-87-58(105)26-16-20-40-121-76-83(94-54(3)101)67-65(112)70(115)81(67,48-98)73(83)125-76/h55,64-76,96-98,102,111-115H,5-51,84H2,1-4H3,(H,85,103)(H,86,104)(H,87,105)(H,88,106)(H,89,107)(H,90,108)(H,91,110)(H,92,99)(H,93,100)(H,94,101)(H,95,109). The van der Waals surface area contributed by atoms with E-state index in [4.69, 9.17) is 48.5 Å². The molecule has 3 saturated heterocycles. The maximum atomic E-state index is 14.0. The average molecular weight is 1790 g/mol. The number of rotatable bonds is 68. The van der Waals surface area contributed by atoms with Crippen LogP contribution >= 0.6 is 0 Å². The maximum absolute atomic E-state index is 14.0. The SMILES string of the molecule is CC(=O)NC1(C)C(OCCCCC(=O)NCCCNC(=O)CCOCC(COCCC(=O)NCCCNC(=O)CCCCOC2OC3C4(CO)C(O)C(O)C4C23NC(C)=O)(COCCC(=O)NCCCNC(=O)CCCCOC2OC3C4(CO)C(O)C(O)C4C23NC(C)=O)NC(=O)CCCCCCCCCCCCNC(=O)CON)OC1C1(CO)CC(O)C1O. The fourth-order valence-corrected chi connectivity index (χ4v) is 19.4. The number of amides is 11. The highest BCUT2D eigenvalue weighted by atomic mass is 16.7. The van der Waals surface area contributed by atoms with E-state index in [9.17, 15) is 98.7 Å². The van der Waals surface area contributed by atoms with E-state index in [-0.39, 0.29) is 222 Å². The predicted molar refractivity (Wildman–Crippen MR) is 440 cm³/mol. The second-order valence-electron chi connectivity index (χ2n) is 35.0. The van der Waals surface area contributed by atoms with Gasteiger partial charge in [0, 0.05) is 143 Å². The summed E-state index contributed by atoms with van der Waals surface area (Å²) in [6.07, 6.45) is 1.57. The van der Waals surface area contributed by atoms with Crippen LogP contribution in [0, 0.1) is 28.1 Å². The van der Waals surface area contributed by atoms with Gasteiger partial charge >= 0.3 is 0 Å². The molecule has 20 atom stereocenters. The predicted octanol–water partition coefficient (Wildman–Crippen LogP) is -4.60. The van der Waals surface area contributed by atoms with Gasteiger partial charge in [-0.3, -0.25) is 57.6 Å². The van der Waals surface area contributed by atoms with Gasteiger partial charge < -0.3 is 147 Å². The van der Waals surface area contributed by atoms with Gasteiger partial charge in [-0.15, -0.1) is 0 Å². The molecule has 0 spiro atoms. The fourth-order valence-electron chi connectivity index (χ4n) is 19.4. The van der Waals surface area contributed by atoms with Crippen LogP contribution in [0.3, 0.4) is 0 Å². The van der Waals surface area contributed by atoms with Gasteiger partial charge in [0.15, 0.2) is 18.9 Å². The molecule has 5 aliphatic carbocycles. The summed E-state index contributed by atoms with van der Waals surface area (Å²) in [6, 6.07) is 0. The van der Waals surface area contributed by atoms with Crippen molar-refractivity contribution in [3.8, 4) is 0 Å². The van der Waals surface area contributed by atoms with Crippen molar-refractivity contribution in [2.45, 2.75) is 297 Å². The number of hydrogen-bond donors (Lipinski definition) is 21. The van der Waals surface area contributed by atoms with Crippen molar-refractivity contribution in [3.63, 3.8) is 0 Å². The monoisotopic (exact) mass is 1790 g/mol. The van der Waals surface area contributed by atoms with E-state index >= 15 is 0 Å². The van der Waals surface area contributed by atoms with Crippen molar-refractivity contribution < 1.29 is 146 Å². The number of nitrogens with one attached hydrogen (secondary N) is 11. The molecular weight excluding hydrogens is 1640 g/mol. The molecule has 0 aromatic heterocycles. The van der Waals surface area contributed by atoms with Crippen LogP contribution in [0.25, 0.3) is 0 Å². The quantitative estimate of drug-likeness (QED) is 0.0201. The van der Waals surface area contributed by atoms with Gasteiger partial charge in [0.05, 0.1) is 118 Å². The van der Waals surface area contributed by atoms with E-state index in [0.29, 0.717) is 70.8 Å². The summed E-state index contributed by atoms with van der Waals surface area (Å²) in [5, 5.41) is 124. The van der Waals surface area contributed by atoms with Gasteiger partial charge in [-0.2, -0.15) is 0 Å². The van der Waals surface area contributed by atoms with Crippen molar-refractivity contribution in [3.05, 3.63) is 0 Å². The van der Waals surface area contributed by atoms with Crippen LogP contribution in [0.2, 0.25) is 0 Å². The van der Waals surface area contributed by atoms with Crippen molar-refractivity contribution in [1.29, 1.82) is 0 Å². The molecule has 0 bridgehead atoms. The summed E-state index contributed by atoms with van der Waals surface area (Å²) in [4.78, 5) is 144. The van der Waals surface area contributed by atoms with Crippen LogP contribution in [-0.2, 0) is 100 Å². The first kappa shape index (κ1) is 104. The molecule has 20 unspecified atom stereocenters. The first-order valence-electron chi connectivity index (χ1n) is 44.7. The van der Waals surface area contributed by atoms with Crippen LogP contribution in [0.4, 0.5) is 0 Å². The number of fused-ring (bicyclic) bond motifs is 8. The third kappa shape index (κ3) is 25.7. The lowest BCUT2D eigenvalue weighted by molar-refractivity contribution is -0.496. The number of aliphatic hydroxyl groups excluding tert-OH is 9. The number of nitrogens with two attached hydrogens (primary N) is 1. The molecule has 8 aliphatic rings. The number of unbranched alkanes of at least 4 members (excludes halogenated alkanes) is 12. The van der Waals surface area contributed by atoms with Crippen LogP contribution in [-0.4, -0.2) is 339 Å². The normalized spacial score (nSPS) is 30.7. The zero-order valence-corrected chi connectivity index (χ0v) is 73.0. The summed E-state index contributed by atoms with van der Waals surface area (Å²) < 4.78 is 53.9. The largest absolute Gasteiger partial charge is 0.396 e. The lowest BCUT2D eigenvalue weighted by Gasteiger charge is -2.82. The van der Waals surface area contributed by atoms with Crippen LogP contribution in [0.5, 0.6) is 0 Å². The zero-order chi connectivity index (χ0) is 91.0. The Labute approximate surface area is 729 Å². The molecule has 42 heteroatoms. The second kappa shape index (κ2) is 50.0. The number of aliphatic hydroxyl groups is 9. The van der Waals surface area contributed by atoms with E-state index in [0.717, 1.165) is 57.8 Å². The van der Waals surface area contributed by atoms with Gasteiger partial charge in [0.25, 0.3) is 0 Å². The Hall–Kier alpha value is -6.63. The van der Waals surface area contributed by atoms with Gasteiger partial charge in [-0.25, -0.2) is 5.90 Å². The molecule has 8 rings (SSSR count). The molecule has 22 N–H and O–H groups in total. The first-order chi connectivity index (χ1) is 59.9. The average Bonchev–Trinajstić information content (AvgIpc) is 0.628. The topological polar surface area (TPSA) is 620 Å². The molecule has 125 heavy (non-hydrogen) atoms. The van der Waals surface area contributed by atoms with Crippen LogP contribution in [0.1, 0.15) is 201 Å². The first-order valence-corrected chi connectivity index (χ1v) is 44.7. The van der Waals surface area contributed by atoms with E-state index in [1.54, 1.807) is 6.92 Å². The lowest BCUT2D eigenvalue weighted by atomic mass is 9.32. The molecular formula is C83H142N12O30. The van der Waals surface area contributed by atoms with Crippen molar-refractivity contribution >= 4 is 65.0 Å². The van der Waals surface area contributed by atoms with Gasteiger partial charge in [-0.1, -0.05) is 51.4 Å². The van der Waals surface area contributed by atoms with Crippen molar-refractivity contribution in [2.75, 3.05) is 132 Å². The Bertz CT molecular complexity index is 3370. The summed E-state index contributed by atoms with van der Waals surface area (Å²) in [6.45, 7) is 5.66. The Kier molecular flexibility index (Phi) is 41.5. The number of hydrogen-bond acceptors (Lipinski definition) is 31. The second-order valence-corrected chi connectivity index (χ2v) is 35.0. The van der Waals surface area contributed by atoms with Crippen molar-refractivity contribution in [1.82, 2.24) is 58.5 Å². The van der Waals surface area contributed by atoms with E-state index in [1.807, 2.05) is 0 Å². The Balaban J connectivity index is 0.760. The molecule has 42 nitrogen and oxygen atoms in total. The molecule has 3 aliphatic heterocycles. The molecule has 714 valence electrons. The highest BCUT2D eigenvalue weighted by molar-refractivity contribution is 5.80. The molecule has 0 aromatic carbocycles. The molecule has 3 heterocycles. The van der Waals surface area contributed by atoms with E-state index in [1.165, 1.54) is 20.8 Å². The molecule has 0 radical (unpaired) electrons.